The third-order valence-electron chi connectivity index (χ3n) is 5.72. The molecule has 23 heavy (non-hydrogen) atoms. The number of ether oxygens (including phenoxy) is 1. The first-order valence-electron chi connectivity index (χ1n) is 8.89. The summed E-state index contributed by atoms with van der Waals surface area (Å²) >= 11 is 0. The van der Waals surface area contributed by atoms with Crippen molar-refractivity contribution in [1.29, 1.82) is 0 Å². The molecule has 0 aliphatic carbocycles. The third kappa shape index (κ3) is 4.64. The van der Waals surface area contributed by atoms with Gasteiger partial charge in [-0.2, -0.15) is 0 Å². The maximum atomic E-state index is 5.43. The fraction of sp³-hybridized carbons (Fsp3) is 0.700. The standard InChI is InChI=1S/C20H33NO.ClH/c1-6-7-8-12-21-15-16(2)20(4,14-17(21)3)18-10-9-11-19(13-18)22-5;/h9-11,13,16-17H,6-8,12,14-15H2,1-5H3;1H. The van der Waals surface area contributed by atoms with Crippen molar-refractivity contribution in [2.24, 2.45) is 5.92 Å². The lowest BCUT2D eigenvalue weighted by atomic mass is 9.66. The zero-order valence-electron chi connectivity index (χ0n) is 15.5. The lowest BCUT2D eigenvalue weighted by Gasteiger charge is -2.49. The van der Waals surface area contributed by atoms with Crippen LogP contribution in [0.4, 0.5) is 0 Å². The van der Waals surface area contributed by atoms with Crippen LogP contribution in [0.15, 0.2) is 24.3 Å². The van der Waals surface area contributed by atoms with E-state index in [1.807, 2.05) is 6.07 Å². The summed E-state index contributed by atoms with van der Waals surface area (Å²) in [6, 6.07) is 9.34. The van der Waals surface area contributed by atoms with E-state index < -0.39 is 0 Å². The van der Waals surface area contributed by atoms with Gasteiger partial charge in [-0.1, -0.05) is 45.7 Å². The summed E-state index contributed by atoms with van der Waals surface area (Å²) in [5.74, 6) is 1.64. The van der Waals surface area contributed by atoms with Crippen molar-refractivity contribution in [2.75, 3.05) is 20.2 Å². The van der Waals surface area contributed by atoms with Gasteiger partial charge in [0.15, 0.2) is 0 Å². The summed E-state index contributed by atoms with van der Waals surface area (Å²) in [6.45, 7) is 12.0. The highest BCUT2D eigenvalue weighted by molar-refractivity contribution is 5.85. The van der Waals surface area contributed by atoms with Crippen LogP contribution in [0, 0.1) is 5.92 Å². The predicted octanol–water partition coefficient (Wildman–Crippen LogP) is 5.30. The molecule has 132 valence electrons. The summed E-state index contributed by atoms with van der Waals surface area (Å²) < 4.78 is 5.43. The van der Waals surface area contributed by atoms with E-state index in [0.29, 0.717) is 12.0 Å². The molecule has 1 heterocycles. The summed E-state index contributed by atoms with van der Waals surface area (Å²) in [7, 11) is 1.75. The fourth-order valence-electron chi connectivity index (χ4n) is 3.93. The van der Waals surface area contributed by atoms with Crippen LogP contribution >= 0.6 is 12.4 Å². The molecule has 3 atom stereocenters. The van der Waals surface area contributed by atoms with Crippen LogP contribution in [0.2, 0.25) is 0 Å². The summed E-state index contributed by atoms with van der Waals surface area (Å²) in [5, 5.41) is 0. The monoisotopic (exact) mass is 339 g/mol. The molecule has 0 radical (unpaired) electrons. The molecule has 3 heteroatoms. The Labute approximate surface area is 149 Å². The molecule has 1 aliphatic rings. The lowest BCUT2D eigenvalue weighted by Crippen LogP contribution is -2.51. The Balaban J connectivity index is 0.00000264. The highest BCUT2D eigenvalue weighted by Gasteiger charge is 2.41. The van der Waals surface area contributed by atoms with Crippen molar-refractivity contribution in [3.63, 3.8) is 0 Å². The lowest BCUT2D eigenvalue weighted by molar-refractivity contribution is 0.0620. The molecule has 0 saturated carbocycles. The summed E-state index contributed by atoms with van der Waals surface area (Å²) in [4.78, 5) is 2.70. The molecule has 0 spiro atoms. The Bertz CT molecular complexity index is 478. The number of unbranched alkanes of at least 4 members (excludes halogenated alkanes) is 2. The quantitative estimate of drug-likeness (QED) is 0.652. The van der Waals surface area contributed by atoms with Gasteiger partial charge in [0, 0.05) is 12.6 Å². The van der Waals surface area contributed by atoms with E-state index in [4.69, 9.17) is 4.74 Å². The second-order valence-electron chi connectivity index (χ2n) is 7.31. The van der Waals surface area contributed by atoms with Crippen molar-refractivity contribution in [1.82, 2.24) is 4.90 Å². The zero-order valence-corrected chi connectivity index (χ0v) is 16.3. The van der Waals surface area contributed by atoms with Crippen LogP contribution in [-0.2, 0) is 5.41 Å². The highest BCUT2D eigenvalue weighted by atomic mass is 35.5. The van der Waals surface area contributed by atoms with Crippen molar-refractivity contribution in [2.45, 2.75) is 64.8 Å². The van der Waals surface area contributed by atoms with Gasteiger partial charge in [0.25, 0.3) is 0 Å². The molecule has 1 aromatic rings. The zero-order chi connectivity index (χ0) is 16.2. The minimum absolute atomic E-state index is 0. The third-order valence-corrected chi connectivity index (χ3v) is 5.72. The first kappa shape index (κ1) is 20.3. The largest absolute Gasteiger partial charge is 0.497 e. The van der Waals surface area contributed by atoms with Crippen LogP contribution in [0.1, 0.15) is 58.9 Å². The van der Waals surface area contributed by atoms with Crippen molar-refractivity contribution in [3.05, 3.63) is 29.8 Å². The maximum Gasteiger partial charge on any atom is 0.119 e. The SMILES string of the molecule is CCCCCN1CC(C)C(C)(c2cccc(OC)c2)CC1C.Cl. The summed E-state index contributed by atoms with van der Waals surface area (Å²) in [5.41, 5.74) is 1.68. The Morgan fingerprint density at radius 2 is 2.00 bits per heavy atom. The van der Waals surface area contributed by atoms with Gasteiger partial charge in [-0.15, -0.1) is 12.4 Å². The number of rotatable bonds is 6. The average Bonchev–Trinajstić information content (AvgIpc) is 2.52. The minimum atomic E-state index is 0. The average molecular weight is 340 g/mol. The Morgan fingerprint density at radius 1 is 1.26 bits per heavy atom. The molecule has 1 saturated heterocycles. The van der Waals surface area contributed by atoms with Crippen molar-refractivity contribution in [3.8, 4) is 5.75 Å². The molecule has 2 rings (SSSR count). The van der Waals surface area contributed by atoms with Crippen LogP contribution in [0.25, 0.3) is 0 Å². The molecule has 0 N–H and O–H groups in total. The van der Waals surface area contributed by atoms with Crippen LogP contribution < -0.4 is 4.74 Å². The van der Waals surface area contributed by atoms with Crippen molar-refractivity contribution < 1.29 is 4.74 Å². The van der Waals surface area contributed by atoms with Gasteiger partial charge in [0.05, 0.1) is 7.11 Å². The smallest absolute Gasteiger partial charge is 0.119 e. The van der Waals surface area contributed by atoms with Gasteiger partial charge in [-0.25, -0.2) is 0 Å². The van der Waals surface area contributed by atoms with Gasteiger partial charge >= 0.3 is 0 Å². The second kappa shape index (κ2) is 8.94. The molecule has 1 fully saturated rings. The van der Waals surface area contributed by atoms with Crippen LogP contribution in [-0.4, -0.2) is 31.1 Å². The molecule has 0 aromatic heterocycles. The van der Waals surface area contributed by atoms with E-state index in [2.05, 4.69) is 50.8 Å². The Hall–Kier alpha value is -0.730. The molecule has 0 bridgehead atoms. The number of benzene rings is 1. The van der Waals surface area contributed by atoms with E-state index in [9.17, 15) is 0 Å². The number of methoxy groups -OCH3 is 1. The number of likely N-dealkylation sites (tertiary alicyclic amines) is 1. The number of piperidine rings is 1. The molecule has 0 amide bonds. The molecule has 3 unspecified atom stereocenters. The van der Waals surface area contributed by atoms with Crippen molar-refractivity contribution >= 4 is 12.4 Å². The maximum absolute atomic E-state index is 5.43. The number of halogens is 1. The van der Waals surface area contributed by atoms with Crippen LogP contribution in [0.5, 0.6) is 5.75 Å². The summed E-state index contributed by atoms with van der Waals surface area (Å²) in [6.07, 6.45) is 5.22. The normalized spacial score (nSPS) is 28.2. The van der Waals surface area contributed by atoms with E-state index in [1.165, 1.54) is 44.3 Å². The molecular formula is C20H34ClNO. The Morgan fingerprint density at radius 3 is 2.65 bits per heavy atom. The van der Waals surface area contributed by atoms with Gasteiger partial charge in [-0.3, -0.25) is 0 Å². The first-order chi connectivity index (χ1) is 10.5. The van der Waals surface area contributed by atoms with Gasteiger partial charge in [0.2, 0.25) is 0 Å². The van der Waals surface area contributed by atoms with Gasteiger partial charge < -0.3 is 9.64 Å². The highest BCUT2D eigenvalue weighted by Crippen LogP contribution is 2.42. The number of nitrogens with zero attached hydrogens (tertiary/aromatic N) is 1. The van der Waals surface area contributed by atoms with E-state index in [0.717, 1.165) is 5.75 Å². The molecule has 1 aromatic carbocycles. The minimum Gasteiger partial charge on any atom is -0.497 e. The fourth-order valence-corrected chi connectivity index (χ4v) is 3.93. The Kier molecular flexibility index (Phi) is 7.89. The van der Waals surface area contributed by atoms with Crippen LogP contribution in [0.3, 0.4) is 0 Å². The first-order valence-corrected chi connectivity index (χ1v) is 8.89. The predicted molar refractivity (Wildman–Crippen MR) is 102 cm³/mol. The van der Waals surface area contributed by atoms with Gasteiger partial charge in [-0.05, 0) is 55.3 Å². The van der Waals surface area contributed by atoms with E-state index >= 15 is 0 Å². The number of hydrogen-bond acceptors (Lipinski definition) is 2. The van der Waals surface area contributed by atoms with E-state index in [-0.39, 0.29) is 17.8 Å². The van der Waals surface area contributed by atoms with Gasteiger partial charge in [0.1, 0.15) is 5.75 Å². The number of hydrogen-bond donors (Lipinski definition) is 0. The van der Waals surface area contributed by atoms with E-state index in [1.54, 1.807) is 7.11 Å². The molecule has 2 nitrogen and oxygen atoms in total. The second-order valence-corrected chi connectivity index (χ2v) is 7.31. The molecule has 1 aliphatic heterocycles. The topological polar surface area (TPSA) is 12.5 Å². The molecular weight excluding hydrogens is 306 g/mol.